The van der Waals surface area contributed by atoms with Crippen LogP contribution in [0.2, 0.25) is 0 Å². The number of nitrogens with zero attached hydrogens (tertiary/aromatic N) is 1. The maximum absolute atomic E-state index is 12.1. The molecule has 0 bridgehead atoms. The van der Waals surface area contributed by atoms with Gasteiger partial charge in [-0.3, -0.25) is 15.0 Å². The van der Waals surface area contributed by atoms with Crippen molar-refractivity contribution in [2.75, 3.05) is 37.7 Å². The van der Waals surface area contributed by atoms with Crippen LogP contribution >= 0.6 is 0 Å². The summed E-state index contributed by atoms with van der Waals surface area (Å²) in [5, 5.41) is 4.79. The molecule has 144 valence electrons. The van der Waals surface area contributed by atoms with Crippen LogP contribution in [0.4, 0.5) is 4.79 Å². The van der Waals surface area contributed by atoms with E-state index in [0.717, 1.165) is 12.0 Å². The Balaban J connectivity index is 1.76. The molecule has 1 fully saturated rings. The lowest BCUT2D eigenvalue weighted by Crippen LogP contribution is -2.48. The molecule has 8 nitrogen and oxygen atoms in total. The summed E-state index contributed by atoms with van der Waals surface area (Å²) in [6, 6.07) is 8.81. The molecule has 1 aromatic carbocycles. The molecular weight excluding hydrogens is 356 g/mol. The van der Waals surface area contributed by atoms with Gasteiger partial charge in [0.15, 0.2) is 9.84 Å². The lowest BCUT2D eigenvalue weighted by molar-refractivity contribution is -0.121. The topological polar surface area (TPSA) is 122 Å². The molecule has 0 aliphatic carbocycles. The Morgan fingerprint density at radius 3 is 2.54 bits per heavy atom. The molecule has 4 N–H and O–H groups in total. The third-order valence-electron chi connectivity index (χ3n) is 4.19. The SMILES string of the molecule is NCCN(CCc1ccccc1)CC(=O)NC(=O)NC1CCS(=O)(=O)C1. The van der Waals surface area contributed by atoms with Crippen LogP contribution in [-0.4, -0.2) is 69.0 Å². The average molecular weight is 382 g/mol. The first-order valence-corrected chi connectivity index (χ1v) is 10.5. The first kappa shape index (κ1) is 20.3. The zero-order valence-electron chi connectivity index (χ0n) is 14.7. The van der Waals surface area contributed by atoms with E-state index in [1.54, 1.807) is 0 Å². The van der Waals surface area contributed by atoms with Gasteiger partial charge in [-0.2, -0.15) is 0 Å². The van der Waals surface area contributed by atoms with Crippen molar-refractivity contribution in [3.05, 3.63) is 35.9 Å². The molecule has 1 aliphatic heterocycles. The fourth-order valence-corrected chi connectivity index (χ4v) is 4.56. The summed E-state index contributed by atoms with van der Waals surface area (Å²) < 4.78 is 22.8. The van der Waals surface area contributed by atoms with Crippen molar-refractivity contribution in [2.24, 2.45) is 5.73 Å². The van der Waals surface area contributed by atoms with E-state index < -0.39 is 27.8 Å². The van der Waals surface area contributed by atoms with Crippen LogP contribution in [0.3, 0.4) is 0 Å². The van der Waals surface area contributed by atoms with Crippen molar-refractivity contribution in [2.45, 2.75) is 18.9 Å². The predicted molar refractivity (Wildman–Crippen MR) is 99.4 cm³/mol. The number of imide groups is 1. The Morgan fingerprint density at radius 2 is 1.92 bits per heavy atom. The quantitative estimate of drug-likeness (QED) is 0.557. The van der Waals surface area contributed by atoms with Crippen molar-refractivity contribution in [1.82, 2.24) is 15.5 Å². The monoisotopic (exact) mass is 382 g/mol. The van der Waals surface area contributed by atoms with Crippen LogP contribution in [0.1, 0.15) is 12.0 Å². The molecule has 1 atom stereocenters. The average Bonchev–Trinajstić information content (AvgIpc) is 2.92. The predicted octanol–water partition coefficient (Wildman–Crippen LogP) is -0.497. The maximum Gasteiger partial charge on any atom is 0.321 e. The molecule has 1 unspecified atom stereocenters. The molecule has 0 spiro atoms. The van der Waals surface area contributed by atoms with Gasteiger partial charge in [0.05, 0.1) is 18.1 Å². The molecule has 0 radical (unpaired) electrons. The van der Waals surface area contributed by atoms with Crippen LogP contribution in [0.25, 0.3) is 0 Å². The van der Waals surface area contributed by atoms with Crippen LogP contribution in [0.15, 0.2) is 30.3 Å². The second-order valence-electron chi connectivity index (χ2n) is 6.42. The van der Waals surface area contributed by atoms with Crippen molar-refractivity contribution in [1.29, 1.82) is 0 Å². The van der Waals surface area contributed by atoms with Crippen LogP contribution in [0, 0.1) is 0 Å². The fourth-order valence-electron chi connectivity index (χ4n) is 2.88. The number of hydrogen-bond acceptors (Lipinski definition) is 6. The highest BCUT2D eigenvalue weighted by molar-refractivity contribution is 7.91. The molecule has 2 rings (SSSR count). The van der Waals surface area contributed by atoms with Gasteiger partial charge in [0.1, 0.15) is 0 Å². The Hall–Kier alpha value is -1.97. The first-order chi connectivity index (χ1) is 12.4. The van der Waals surface area contributed by atoms with Gasteiger partial charge < -0.3 is 11.1 Å². The highest BCUT2D eigenvalue weighted by Crippen LogP contribution is 2.10. The second-order valence-corrected chi connectivity index (χ2v) is 8.65. The lowest BCUT2D eigenvalue weighted by atomic mass is 10.1. The number of hydrogen-bond donors (Lipinski definition) is 3. The fraction of sp³-hybridized carbons (Fsp3) is 0.529. The van der Waals surface area contributed by atoms with Crippen LogP contribution < -0.4 is 16.4 Å². The third-order valence-corrected chi connectivity index (χ3v) is 5.96. The zero-order chi connectivity index (χ0) is 19.0. The smallest absolute Gasteiger partial charge is 0.321 e. The number of carbonyl (C=O) groups excluding carboxylic acids is 2. The highest BCUT2D eigenvalue weighted by atomic mass is 32.2. The maximum atomic E-state index is 12.1. The van der Waals surface area contributed by atoms with Crippen molar-refractivity contribution in [3.8, 4) is 0 Å². The zero-order valence-corrected chi connectivity index (χ0v) is 15.5. The molecule has 1 aliphatic rings. The van der Waals surface area contributed by atoms with Gasteiger partial charge >= 0.3 is 6.03 Å². The van der Waals surface area contributed by atoms with E-state index in [-0.39, 0.29) is 18.1 Å². The minimum atomic E-state index is -3.08. The van der Waals surface area contributed by atoms with E-state index in [4.69, 9.17) is 5.73 Å². The number of urea groups is 1. The minimum absolute atomic E-state index is 0.0560. The summed E-state index contributed by atoms with van der Waals surface area (Å²) in [7, 11) is -3.08. The van der Waals surface area contributed by atoms with E-state index in [2.05, 4.69) is 10.6 Å². The second kappa shape index (κ2) is 9.65. The summed E-state index contributed by atoms with van der Waals surface area (Å²) >= 11 is 0. The minimum Gasteiger partial charge on any atom is -0.334 e. The molecule has 1 aromatic rings. The van der Waals surface area contributed by atoms with Gasteiger partial charge in [0.25, 0.3) is 0 Å². The molecular formula is C17H26N4O4S. The van der Waals surface area contributed by atoms with Gasteiger partial charge in [-0.05, 0) is 18.4 Å². The summed E-state index contributed by atoms with van der Waals surface area (Å²) in [5.74, 6) is -0.453. The van der Waals surface area contributed by atoms with Crippen LogP contribution in [-0.2, 0) is 21.1 Å². The van der Waals surface area contributed by atoms with Gasteiger partial charge in [0, 0.05) is 25.7 Å². The highest BCUT2D eigenvalue weighted by Gasteiger charge is 2.29. The molecule has 0 aromatic heterocycles. The number of nitrogens with two attached hydrogens (primary N) is 1. The van der Waals surface area contributed by atoms with Crippen LogP contribution in [0.5, 0.6) is 0 Å². The van der Waals surface area contributed by atoms with E-state index in [9.17, 15) is 18.0 Å². The summed E-state index contributed by atoms with van der Waals surface area (Å²) in [5.41, 5.74) is 6.76. The molecule has 26 heavy (non-hydrogen) atoms. The number of amides is 3. The molecule has 0 saturated carbocycles. The largest absolute Gasteiger partial charge is 0.334 e. The Morgan fingerprint density at radius 1 is 1.19 bits per heavy atom. The Kier molecular flexibility index (Phi) is 7.55. The summed E-state index contributed by atoms with van der Waals surface area (Å²) in [6.07, 6.45) is 1.15. The number of nitrogens with one attached hydrogen (secondary N) is 2. The molecule has 3 amide bonds. The first-order valence-electron chi connectivity index (χ1n) is 8.65. The van der Waals surface area contributed by atoms with Gasteiger partial charge in [-0.1, -0.05) is 30.3 Å². The van der Waals surface area contributed by atoms with Crippen molar-refractivity contribution in [3.63, 3.8) is 0 Å². The molecule has 9 heteroatoms. The van der Waals surface area contributed by atoms with Gasteiger partial charge in [-0.25, -0.2) is 13.2 Å². The number of rotatable bonds is 8. The lowest BCUT2D eigenvalue weighted by Gasteiger charge is -2.21. The summed E-state index contributed by atoms with van der Waals surface area (Å²) in [6.45, 7) is 1.66. The van der Waals surface area contributed by atoms with E-state index in [0.29, 0.717) is 26.1 Å². The normalized spacial score (nSPS) is 18.6. The third kappa shape index (κ3) is 7.11. The van der Waals surface area contributed by atoms with Crippen molar-refractivity contribution < 1.29 is 18.0 Å². The van der Waals surface area contributed by atoms with E-state index in [1.807, 2.05) is 35.2 Å². The molecule has 1 heterocycles. The standard InChI is InChI=1S/C17H26N4O4S/c18-8-10-21(9-6-14-4-2-1-3-5-14)12-16(22)20-17(23)19-15-7-11-26(24,25)13-15/h1-5,15H,6-13,18H2,(H2,19,20,22,23). The molecule has 1 saturated heterocycles. The number of carbonyl (C=O) groups is 2. The van der Waals surface area contributed by atoms with Gasteiger partial charge in [-0.15, -0.1) is 0 Å². The van der Waals surface area contributed by atoms with E-state index in [1.165, 1.54) is 0 Å². The van der Waals surface area contributed by atoms with Gasteiger partial charge in [0.2, 0.25) is 5.91 Å². The summed E-state index contributed by atoms with van der Waals surface area (Å²) in [4.78, 5) is 25.8. The Labute approximate surface area is 154 Å². The van der Waals surface area contributed by atoms with Crippen molar-refractivity contribution >= 4 is 21.8 Å². The Bertz CT molecular complexity index is 709. The number of sulfone groups is 1. The number of benzene rings is 1. The van der Waals surface area contributed by atoms with E-state index >= 15 is 0 Å².